The molecule has 19 heavy (non-hydrogen) atoms. The van der Waals surface area contributed by atoms with Gasteiger partial charge in [-0.15, -0.1) is 0 Å². The number of nitrogens with two attached hydrogens (primary N) is 1. The van der Waals surface area contributed by atoms with E-state index in [2.05, 4.69) is 4.98 Å². The van der Waals surface area contributed by atoms with Gasteiger partial charge in [0, 0.05) is 37.7 Å². The number of anilines is 1. The Bertz CT molecular complexity index is 815. The van der Waals surface area contributed by atoms with Gasteiger partial charge in [0.05, 0.1) is 11.0 Å². The zero-order chi connectivity index (χ0) is 13.6. The molecule has 96 valence electrons. The fourth-order valence-electron chi connectivity index (χ4n) is 2.42. The molecule has 0 bridgehead atoms. The summed E-state index contributed by atoms with van der Waals surface area (Å²) in [5.41, 5.74) is 10.2. The summed E-state index contributed by atoms with van der Waals surface area (Å²) in [6.45, 7) is 0. The van der Waals surface area contributed by atoms with E-state index in [1.54, 1.807) is 35.6 Å². The van der Waals surface area contributed by atoms with E-state index in [1.165, 1.54) is 0 Å². The van der Waals surface area contributed by atoms with E-state index in [1.807, 2.05) is 24.3 Å². The van der Waals surface area contributed by atoms with Crippen LogP contribution in [0.2, 0.25) is 0 Å². The summed E-state index contributed by atoms with van der Waals surface area (Å²) in [5.74, 6) is 0. The number of aryl methyl sites for hydroxylation is 2. The average molecular weight is 254 g/mol. The molecule has 0 unspecified atom stereocenters. The quantitative estimate of drug-likeness (QED) is 0.669. The molecule has 0 amide bonds. The number of fused-ring (bicyclic) bond motifs is 1. The van der Waals surface area contributed by atoms with Crippen LogP contribution in [0.15, 0.2) is 41.5 Å². The van der Waals surface area contributed by atoms with E-state index < -0.39 is 0 Å². The summed E-state index contributed by atoms with van der Waals surface area (Å²) < 4.78 is 3.25. The fourth-order valence-corrected chi connectivity index (χ4v) is 2.42. The lowest BCUT2D eigenvalue weighted by Gasteiger charge is -2.07. The third kappa shape index (κ3) is 1.62. The SMILES string of the molecule is Cn1c(=O)n(C)c2c(-c3ccncc3)cc(N)cc21. The first-order valence-electron chi connectivity index (χ1n) is 5.95. The Hall–Kier alpha value is -2.56. The summed E-state index contributed by atoms with van der Waals surface area (Å²) in [4.78, 5) is 16.1. The highest BCUT2D eigenvalue weighted by Gasteiger charge is 2.14. The molecule has 5 nitrogen and oxygen atoms in total. The van der Waals surface area contributed by atoms with Gasteiger partial charge >= 0.3 is 5.69 Å². The van der Waals surface area contributed by atoms with E-state index >= 15 is 0 Å². The van der Waals surface area contributed by atoms with E-state index in [9.17, 15) is 4.79 Å². The fraction of sp³-hybridized carbons (Fsp3) is 0.143. The van der Waals surface area contributed by atoms with Gasteiger partial charge in [-0.1, -0.05) is 0 Å². The van der Waals surface area contributed by atoms with Gasteiger partial charge in [-0.3, -0.25) is 14.1 Å². The van der Waals surface area contributed by atoms with Crippen molar-refractivity contribution in [2.24, 2.45) is 14.1 Å². The lowest BCUT2D eigenvalue weighted by Crippen LogP contribution is -2.19. The van der Waals surface area contributed by atoms with Crippen molar-refractivity contribution >= 4 is 16.7 Å². The Morgan fingerprint density at radius 2 is 1.79 bits per heavy atom. The number of aromatic nitrogens is 3. The van der Waals surface area contributed by atoms with Crippen LogP contribution in [-0.4, -0.2) is 14.1 Å². The summed E-state index contributed by atoms with van der Waals surface area (Å²) in [5, 5.41) is 0. The Balaban J connectivity index is 2.49. The van der Waals surface area contributed by atoms with Crippen molar-refractivity contribution in [1.82, 2.24) is 14.1 Å². The summed E-state index contributed by atoms with van der Waals surface area (Å²) in [6.07, 6.45) is 3.46. The molecule has 0 radical (unpaired) electrons. The summed E-state index contributed by atoms with van der Waals surface area (Å²) in [7, 11) is 3.52. The van der Waals surface area contributed by atoms with Crippen LogP contribution in [0.1, 0.15) is 0 Å². The highest BCUT2D eigenvalue weighted by molar-refractivity contribution is 5.95. The smallest absolute Gasteiger partial charge is 0.328 e. The van der Waals surface area contributed by atoms with Gasteiger partial charge in [-0.2, -0.15) is 0 Å². The number of rotatable bonds is 1. The number of hydrogen-bond acceptors (Lipinski definition) is 3. The molecule has 3 rings (SSSR count). The topological polar surface area (TPSA) is 65.8 Å². The van der Waals surface area contributed by atoms with E-state index in [4.69, 9.17) is 5.73 Å². The third-order valence-electron chi connectivity index (χ3n) is 3.37. The number of nitrogen functional groups attached to an aromatic ring is 1. The van der Waals surface area contributed by atoms with Crippen LogP contribution in [0.25, 0.3) is 22.2 Å². The number of hydrogen-bond donors (Lipinski definition) is 1. The van der Waals surface area contributed by atoms with Crippen molar-refractivity contribution in [1.29, 1.82) is 0 Å². The van der Waals surface area contributed by atoms with Crippen LogP contribution in [-0.2, 0) is 14.1 Å². The Labute approximate surface area is 109 Å². The maximum absolute atomic E-state index is 12.1. The normalized spacial score (nSPS) is 11.1. The predicted molar refractivity (Wildman–Crippen MR) is 75.8 cm³/mol. The van der Waals surface area contributed by atoms with Crippen molar-refractivity contribution < 1.29 is 0 Å². The van der Waals surface area contributed by atoms with Gasteiger partial charge in [0.25, 0.3) is 0 Å². The molecular formula is C14H14N4O. The number of benzene rings is 1. The first-order valence-corrected chi connectivity index (χ1v) is 5.95. The average Bonchev–Trinajstić information content (AvgIpc) is 2.64. The molecule has 3 aromatic rings. The highest BCUT2D eigenvalue weighted by Crippen LogP contribution is 2.29. The van der Waals surface area contributed by atoms with Gasteiger partial charge in [0.1, 0.15) is 0 Å². The van der Waals surface area contributed by atoms with Crippen LogP contribution >= 0.6 is 0 Å². The molecule has 2 heterocycles. The molecule has 5 heteroatoms. The number of pyridine rings is 1. The lowest BCUT2D eigenvalue weighted by molar-refractivity contribution is 0.795. The molecule has 0 aliphatic rings. The zero-order valence-electron chi connectivity index (χ0n) is 10.8. The molecule has 0 saturated heterocycles. The predicted octanol–water partition coefficient (Wildman–Crippen LogP) is 1.52. The molecule has 2 N–H and O–H groups in total. The molecule has 1 aromatic carbocycles. The number of imidazole rings is 1. The van der Waals surface area contributed by atoms with E-state index in [-0.39, 0.29) is 5.69 Å². The second kappa shape index (κ2) is 3.98. The zero-order valence-corrected chi connectivity index (χ0v) is 10.8. The summed E-state index contributed by atoms with van der Waals surface area (Å²) in [6, 6.07) is 7.52. The minimum absolute atomic E-state index is 0.0593. The second-order valence-electron chi connectivity index (χ2n) is 4.57. The first-order chi connectivity index (χ1) is 9.09. The van der Waals surface area contributed by atoms with Gasteiger partial charge in [-0.25, -0.2) is 4.79 Å². The third-order valence-corrected chi connectivity index (χ3v) is 3.37. The largest absolute Gasteiger partial charge is 0.399 e. The minimum atomic E-state index is -0.0593. The highest BCUT2D eigenvalue weighted by atomic mass is 16.1. The maximum atomic E-state index is 12.1. The molecule has 0 aliphatic carbocycles. The van der Waals surface area contributed by atoms with Crippen molar-refractivity contribution in [2.75, 3.05) is 5.73 Å². The monoisotopic (exact) mass is 254 g/mol. The maximum Gasteiger partial charge on any atom is 0.328 e. The molecule has 0 atom stereocenters. The van der Waals surface area contributed by atoms with Crippen LogP contribution in [0.4, 0.5) is 5.69 Å². The molecular weight excluding hydrogens is 240 g/mol. The van der Waals surface area contributed by atoms with Gasteiger partial charge in [0.2, 0.25) is 0 Å². The van der Waals surface area contributed by atoms with Gasteiger partial charge in [-0.05, 0) is 29.8 Å². The van der Waals surface area contributed by atoms with Crippen molar-refractivity contribution in [3.8, 4) is 11.1 Å². The lowest BCUT2D eigenvalue weighted by atomic mass is 10.0. The van der Waals surface area contributed by atoms with Crippen LogP contribution in [0.5, 0.6) is 0 Å². The van der Waals surface area contributed by atoms with E-state index in [0.717, 1.165) is 22.2 Å². The molecule has 0 aliphatic heterocycles. The van der Waals surface area contributed by atoms with Crippen LogP contribution in [0.3, 0.4) is 0 Å². The molecule has 0 fully saturated rings. The van der Waals surface area contributed by atoms with Gasteiger partial charge in [0.15, 0.2) is 0 Å². The Kier molecular flexibility index (Phi) is 2.41. The van der Waals surface area contributed by atoms with Crippen LogP contribution in [0, 0.1) is 0 Å². The number of nitrogens with zero attached hydrogens (tertiary/aromatic N) is 3. The van der Waals surface area contributed by atoms with Gasteiger partial charge < -0.3 is 5.73 Å². The van der Waals surface area contributed by atoms with E-state index in [0.29, 0.717) is 5.69 Å². The standard InChI is InChI=1S/C14H14N4O/c1-17-12-8-10(15)7-11(9-3-5-16-6-4-9)13(12)18(2)14(17)19/h3-8H,15H2,1-2H3. The van der Waals surface area contributed by atoms with Crippen LogP contribution < -0.4 is 11.4 Å². The molecule has 0 saturated carbocycles. The second-order valence-corrected chi connectivity index (χ2v) is 4.57. The molecule has 2 aromatic heterocycles. The minimum Gasteiger partial charge on any atom is -0.399 e. The van der Waals surface area contributed by atoms with Crippen molar-refractivity contribution in [3.05, 3.63) is 47.1 Å². The summed E-state index contributed by atoms with van der Waals surface area (Å²) >= 11 is 0. The molecule has 0 spiro atoms. The Morgan fingerprint density at radius 3 is 2.47 bits per heavy atom. The first kappa shape index (κ1) is 11.5. The van der Waals surface area contributed by atoms with Crippen molar-refractivity contribution in [3.63, 3.8) is 0 Å². The van der Waals surface area contributed by atoms with Crippen molar-refractivity contribution in [2.45, 2.75) is 0 Å². The Morgan fingerprint density at radius 1 is 1.11 bits per heavy atom.